The minimum absolute atomic E-state index is 0.0641. The van der Waals surface area contributed by atoms with Crippen LogP contribution in [0.3, 0.4) is 0 Å². The van der Waals surface area contributed by atoms with Gasteiger partial charge in [0.2, 0.25) is 0 Å². The molecule has 0 bridgehead atoms. The van der Waals surface area contributed by atoms with Gasteiger partial charge in [0, 0.05) is 40.8 Å². The molecular formula is C70H69N3O. The molecule has 370 valence electrons. The molecule has 10 aromatic rings. The van der Waals surface area contributed by atoms with Gasteiger partial charge >= 0.3 is 0 Å². The quantitative estimate of drug-likeness (QED) is 0.165. The number of hydrogen-bond acceptors (Lipinski definition) is 3. The number of rotatable bonds is 8. The summed E-state index contributed by atoms with van der Waals surface area (Å²) < 4.78 is 142. The second kappa shape index (κ2) is 18.9. The summed E-state index contributed by atoms with van der Waals surface area (Å²) in [4.78, 5) is 10.2. The van der Waals surface area contributed by atoms with Crippen molar-refractivity contribution in [3.05, 3.63) is 216 Å². The van der Waals surface area contributed by atoms with Gasteiger partial charge in [0.25, 0.3) is 0 Å². The maximum Gasteiger partial charge on any atom is 0.149 e. The van der Waals surface area contributed by atoms with Gasteiger partial charge in [-0.1, -0.05) is 216 Å². The normalized spacial score (nSPS) is 16.0. The molecule has 4 nitrogen and oxygen atoms in total. The average Bonchev–Trinajstić information content (AvgIpc) is 0.789. The molecule has 74 heavy (non-hydrogen) atoms. The summed E-state index contributed by atoms with van der Waals surface area (Å²) in [6, 6.07) is 43.1. The Morgan fingerprint density at radius 1 is 0.446 bits per heavy atom. The number of imidazole rings is 1. The van der Waals surface area contributed by atoms with Crippen LogP contribution in [-0.4, -0.2) is 19.6 Å². The predicted molar refractivity (Wildman–Crippen MR) is 313 cm³/mol. The molecule has 1 N–H and O–H groups in total. The Kier molecular flexibility index (Phi) is 8.64. The first-order valence-corrected chi connectivity index (χ1v) is 24.8. The largest absolute Gasteiger partial charge is 0.507 e. The molecule has 0 amide bonds. The van der Waals surface area contributed by atoms with Gasteiger partial charge in [0.05, 0.1) is 37.6 Å². The lowest BCUT2D eigenvalue weighted by atomic mass is 9.78. The monoisotopic (exact) mass is 984 g/mol. The van der Waals surface area contributed by atoms with Crippen molar-refractivity contribution < 1.29 is 27.0 Å². The summed E-state index contributed by atoms with van der Waals surface area (Å²) in [7, 11) is 0. The predicted octanol–water partition coefficient (Wildman–Crippen LogP) is 19.0. The lowest BCUT2D eigenvalue weighted by molar-refractivity contribution is 0.446. The smallest absolute Gasteiger partial charge is 0.149 e. The summed E-state index contributed by atoms with van der Waals surface area (Å²) >= 11 is 0. The van der Waals surface area contributed by atoms with Gasteiger partial charge in [-0.3, -0.25) is 9.55 Å². The summed E-state index contributed by atoms with van der Waals surface area (Å²) in [5.41, 5.74) is 3.57. The van der Waals surface area contributed by atoms with Crippen molar-refractivity contribution in [1.82, 2.24) is 14.5 Å². The lowest BCUT2D eigenvalue weighted by Gasteiger charge is -2.28. The summed E-state index contributed by atoms with van der Waals surface area (Å²) in [6.07, 6.45) is -0.746. The second-order valence-corrected chi connectivity index (χ2v) is 22.1. The molecule has 0 aliphatic heterocycles. The third-order valence-electron chi connectivity index (χ3n) is 13.5. The molecule has 2 heterocycles. The molecule has 8 aromatic carbocycles. The maximum atomic E-state index is 12.9. The molecule has 0 fully saturated rings. The fourth-order valence-corrected chi connectivity index (χ4v) is 9.59. The summed E-state index contributed by atoms with van der Waals surface area (Å²) in [5.74, 6) is 0.504. The highest BCUT2D eigenvalue weighted by atomic mass is 16.3. The standard InChI is InChI=1S/C70H69N3O/c1-67(2,3)53-33-31-46(32-34-53)49-35-36-71-61(40-49)52-38-50(45-23-16-13-17-24-45)37-51(39-52)55-29-22-30-62-64(55)72-66(58-41-54(68(4,5)6)42-60(65(58)74)70(10,11)12)73(62)63-44-56(47-25-18-14-19-26-47)59(69(7,8)9)43-57(63)48-27-20-15-21-28-48/h13-44,74H,1-12H3/i1D3,2D3,3D3,31D,32D,33D,34D,35D,36D,40D. The first-order valence-electron chi connectivity index (χ1n) is 32.8. The Labute approximate surface area is 462 Å². The molecule has 2 aromatic heterocycles. The van der Waals surface area contributed by atoms with Crippen LogP contribution in [0.1, 0.15) is 127 Å². The zero-order valence-corrected chi connectivity index (χ0v) is 43.2. The number of pyridine rings is 1. The van der Waals surface area contributed by atoms with Crippen LogP contribution in [0.4, 0.5) is 0 Å². The molecule has 0 atom stereocenters. The Morgan fingerprint density at radius 3 is 1.65 bits per heavy atom. The van der Waals surface area contributed by atoms with E-state index in [1.54, 1.807) is 12.1 Å². The van der Waals surface area contributed by atoms with Gasteiger partial charge in [-0.15, -0.1) is 0 Å². The fourth-order valence-electron chi connectivity index (χ4n) is 9.59. The van der Waals surface area contributed by atoms with Crippen molar-refractivity contribution in [1.29, 1.82) is 0 Å². The Morgan fingerprint density at radius 2 is 1.04 bits per heavy atom. The van der Waals surface area contributed by atoms with Crippen LogP contribution in [0, 0.1) is 0 Å². The third kappa shape index (κ3) is 9.74. The zero-order valence-electron chi connectivity index (χ0n) is 59.2. The number of phenols is 1. The first kappa shape index (κ1) is 33.8. The van der Waals surface area contributed by atoms with Crippen LogP contribution in [0.25, 0.3) is 95.0 Å². The van der Waals surface area contributed by atoms with Crippen LogP contribution in [0.15, 0.2) is 194 Å². The minimum Gasteiger partial charge on any atom is -0.507 e. The SMILES string of the molecule is [2H]c1nc(-c2cc(-c3ccccc3)cc(-c3cccc4c3nc(-c3cc(C(C)(C)C)cc(C(C)(C)C)c3O)n4-c3cc(-c4ccccc4)c(C(C)(C)C)cc3-c3ccccc3)c2)c([2H])c(-c2c([2H])c([2H])c(C(C([2H])([2H])[2H])(C([2H])([2H])[2H])C([2H])([2H])[2H])c([2H])c2[2H])c1[2H]. The number of aromatic hydroxyl groups is 1. The molecule has 4 heteroatoms. The Hall–Kier alpha value is -7.82. The van der Waals surface area contributed by atoms with E-state index < -0.39 is 90.5 Å². The van der Waals surface area contributed by atoms with Gasteiger partial charge in [0.15, 0.2) is 0 Å². The van der Waals surface area contributed by atoms with Gasteiger partial charge in [0.1, 0.15) is 11.6 Å². The molecule has 10 rings (SSSR count). The lowest BCUT2D eigenvalue weighted by Crippen LogP contribution is -2.17. The van der Waals surface area contributed by atoms with Gasteiger partial charge in [-0.05, 0) is 137 Å². The topological polar surface area (TPSA) is 50.9 Å². The molecule has 0 saturated heterocycles. The van der Waals surface area contributed by atoms with E-state index in [-0.39, 0.29) is 27.8 Å². The van der Waals surface area contributed by atoms with Crippen molar-refractivity contribution in [2.75, 3.05) is 0 Å². The van der Waals surface area contributed by atoms with Crippen molar-refractivity contribution >= 4 is 11.0 Å². The first-order chi connectivity index (χ1) is 41.8. The molecule has 0 spiro atoms. The van der Waals surface area contributed by atoms with Crippen LogP contribution in [0.2, 0.25) is 0 Å². The number of fused-ring (bicyclic) bond motifs is 1. The number of benzene rings is 8. The van der Waals surface area contributed by atoms with Crippen LogP contribution in [-0.2, 0) is 21.7 Å². The molecule has 0 unspecified atom stereocenters. The van der Waals surface area contributed by atoms with Crippen LogP contribution in [0.5, 0.6) is 5.75 Å². The van der Waals surface area contributed by atoms with Gasteiger partial charge in [-0.25, -0.2) is 4.98 Å². The van der Waals surface area contributed by atoms with Gasteiger partial charge < -0.3 is 5.11 Å². The van der Waals surface area contributed by atoms with Crippen molar-refractivity contribution in [2.45, 2.75) is 105 Å². The van der Waals surface area contributed by atoms with E-state index in [1.165, 1.54) is 0 Å². The Balaban J connectivity index is 1.32. The molecule has 0 aliphatic rings. The Bertz CT molecular complexity index is 4390. The third-order valence-corrected chi connectivity index (χ3v) is 13.5. The van der Waals surface area contributed by atoms with E-state index in [1.807, 2.05) is 97.1 Å². The second-order valence-electron chi connectivity index (χ2n) is 22.1. The number of para-hydroxylation sites is 1. The zero-order chi connectivity index (χ0) is 65.9. The molecule has 0 saturated carbocycles. The molecule has 0 radical (unpaired) electrons. The summed E-state index contributed by atoms with van der Waals surface area (Å²) in [5, 5.41) is 12.9. The highest BCUT2D eigenvalue weighted by molar-refractivity contribution is 5.99. The number of phenolic OH excluding ortho intramolecular Hbond substituents is 1. The van der Waals surface area contributed by atoms with Crippen LogP contribution >= 0.6 is 0 Å². The highest BCUT2D eigenvalue weighted by Gasteiger charge is 2.31. The highest BCUT2D eigenvalue weighted by Crippen LogP contribution is 2.48. The van der Waals surface area contributed by atoms with Gasteiger partial charge in [-0.2, -0.15) is 0 Å². The van der Waals surface area contributed by atoms with E-state index in [0.29, 0.717) is 39.1 Å². The van der Waals surface area contributed by atoms with E-state index in [0.717, 1.165) is 50.2 Å². The summed E-state index contributed by atoms with van der Waals surface area (Å²) in [6.45, 7) is 7.34. The fraction of sp³-hybridized carbons (Fsp3) is 0.229. The molecular weight excluding hydrogens is 899 g/mol. The minimum atomic E-state index is -3.94. The van der Waals surface area contributed by atoms with E-state index in [2.05, 4.69) is 114 Å². The van der Waals surface area contributed by atoms with Crippen LogP contribution < -0.4 is 0 Å². The van der Waals surface area contributed by atoms with Crippen molar-refractivity contribution in [2.24, 2.45) is 0 Å². The number of nitrogens with zero attached hydrogens (tertiary/aromatic N) is 3. The van der Waals surface area contributed by atoms with E-state index in [4.69, 9.17) is 21.4 Å². The van der Waals surface area contributed by atoms with Crippen molar-refractivity contribution in [3.63, 3.8) is 0 Å². The van der Waals surface area contributed by atoms with Crippen molar-refractivity contribution in [3.8, 4) is 89.7 Å². The number of hydrogen-bond donors (Lipinski definition) is 1. The maximum absolute atomic E-state index is 12.9. The van der Waals surface area contributed by atoms with E-state index >= 15 is 0 Å². The average molecular weight is 984 g/mol. The number of aromatic nitrogens is 3. The molecule has 0 aliphatic carbocycles. The van der Waals surface area contributed by atoms with E-state index in [9.17, 15) is 10.6 Å².